The standard InChI is InChI=1S/C11H22O3/c1-2-11(8-12,9-13)6-5-10-4-3-7-14-10/h10,12-13H,2-9H2,1H3. The normalized spacial score (nSPS) is 22.9. The molecule has 0 bridgehead atoms. The molecule has 1 rings (SSSR count). The molecule has 14 heavy (non-hydrogen) atoms. The Morgan fingerprint density at radius 2 is 2.07 bits per heavy atom. The van der Waals surface area contributed by atoms with Gasteiger partial charge in [0.15, 0.2) is 0 Å². The van der Waals surface area contributed by atoms with Crippen LogP contribution in [0.2, 0.25) is 0 Å². The van der Waals surface area contributed by atoms with Gasteiger partial charge >= 0.3 is 0 Å². The number of hydrogen-bond acceptors (Lipinski definition) is 3. The lowest BCUT2D eigenvalue weighted by atomic mass is 9.81. The number of rotatable bonds is 6. The van der Waals surface area contributed by atoms with Gasteiger partial charge in [0, 0.05) is 12.0 Å². The van der Waals surface area contributed by atoms with Crippen molar-refractivity contribution in [3.05, 3.63) is 0 Å². The second-order valence-electron chi connectivity index (χ2n) is 4.34. The zero-order valence-corrected chi connectivity index (χ0v) is 9.04. The summed E-state index contributed by atoms with van der Waals surface area (Å²) in [6, 6.07) is 0. The van der Waals surface area contributed by atoms with Gasteiger partial charge in [-0.15, -0.1) is 0 Å². The van der Waals surface area contributed by atoms with Crippen LogP contribution in [0.1, 0.15) is 39.0 Å². The molecule has 0 radical (unpaired) electrons. The molecule has 1 aliphatic heterocycles. The van der Waals surface area contributed by atoms with Crippen molar-refractivity contribution in [2.45, 2.75) is 45.1 Å². The highest BCUT2D eigenvalue weighted by atomic mass is 16.5. The SMILES string of the molecule is CCC(CO)(CO)CCC1CCCO1. The molecule has 84 valence electrons. The van der Waals surface area contributed by atoms with Crippen molar-refractivity contribution in [1.82, 2.24) is 0 Å². The van der Waals surface area contributed by atoms with Crippen molar-refractivity contribution in [2.24, 2.45) is 5.41 Å². The van der Waals surface area contributed by atoms with E-state index in [0.29, 0.717) is 6.10 Å². The number of aliphatic hydroxyl groups excluding tert-OH is 2. The number of hydrogen-bond donors (Lipinski definition) is 2. The minimum Gasteiger partial charge on any atom is -0.396 e. The van der Waals surface area contributed by atoms with Crippen LogP contribution in [0.3, 0.4) is 0 Å². The summed E-state index contributed by atoms with van der Waals surface area (Å²) in [6.07, 6.45) is 5.31. The van der Waals surface area contributed by atoms with Gasteiger partial charge in [0.1, 0.15) is 0 Å². The van der Waals surface area contributed by atoms with Crippen molar-refractivity contribution in [1.29, 1.82) is 0 Å². The van der Waals surface area contributed by atoms with E-state index in [9.17, 15) is 10.2 Å². The lowest BCUT2D eigenvalue weighted by Gasteiger charge is -2.29. The van der Waals surface area contributed by atoms with Crippen LogP contribution in [0.4, 0.5) is 0 Å². The molecule has 0 amide bonds. The Morgan fingerprint density at radius 1 is 1.36 bits per heavy atom. The van der Waals surface area contributed by atoms with Gasteiger partial charge in [0.25, 0.3) is 0 Å². The zero-order chi connectivity index (χ0) is 10.4. The zero-order valence-electron chi connectivity index (χ0n) is 9.04. The van der Waals surface area contributed by atoms with Crippen LogP contribution >= 0.6 is 0 Å². The third-order valence-electron chi connectivity index (χ3n) is 3.44. The molecule has 0 aromatic carbocycles. The first-order chi connectivity index (χ1) is 6.76. The summed E-state index contributed by atoms with van der Waals surface area (Å²) >= 11 is 0. The topological polar surface area (TPSA) is 49.7 Å². The van der Waals surface area contributed by atoms with E-state index >= 15 is 0 Å². The lowest BCUT2D eigenvalue weighted by molar-refractivity contribution is 0.0234. The second kappa shape index (κ2) is 5.69. The van der Waals surface area contributed by atoms with Crippen LogP contribution in [0.15, 0.2) is 0 Å². The van der Waals surface area contributed by atoms with Crippen molar-refractivity contribution in [3.63, 3.8) is 0 Å². The molecule has 2 N–H and O–H groups in total. The first-order valence-corrected chi connectivity index (χ1v) is 5.59. The molecule has 1 heterocycles. The summed E-state index contributed by atoms with van der Waals surface area (Å²) in [5.74, 6) is 0. The number of ether oxygens (including phenoxy) is 1. The number of aliphatic hydroxyl groups is 2. The summed E-state index contributed by atoms with van der Waals surface area (Å²) in [5.41, 5.74) is -0.286. The van der Waals surface area contributed by atoms with Crippen LogP contribution in [0, 0.1) is 5.41 Å². The molecule has 1 atom stereocenters. The fraction of sp³-hybridized carbons (Fsp3) is 1.00. The van der Waals surface area contributed by atoms with E-state index < -0.39 is 0 Å². The van der Waals surface area contributed by atoms with Gasteiger partial charge in [-0.3, -0.25) is 0 Å². The maximum absolute atomic E-state index is 9.25. The van der Waals surface area contributed by atoms with Crippen LogP contribution in [0.25, 0.3) is 0 Å². The molecule has 0 aromatic rings. The smallest absolute Gasteiger partial charge is 0.0576 e. The third kappa shape index (κ3) is 2.94. The van der Waals surface area contributed by atoms with Crippen molar-refractivity contribution in [3.8, 4) is 0 Å². The molecular formula is C11H22O3. The quantitative estimate of drug-likeness (QED) is 0.683. The fourth-order valence-corrected chi connectivity index (χ4v) is 1.95. The summed E-state index contributed by atoms with van der Waals surface area (Å²) in [5, 5.41) is 18.5. The van der Waals surface area contributed by atoms with Gasteiger partial charge in [0.2, 0.25) is 0 Å². The highest BCUT2D eigenvalue weighted by Crippen LogP contribution is 2.30. The van der Waals surface area contributed by atoms with Crippen LogP contribution in [-0.2, 0) is 4.74 Å². The molecule has 1 fully saturated rings. The van der Waals surface area contributed by atoms with E-state index in [1.54, 1.807) is 0 Å². The van der Waals surface area contributed by atoms with Crippen LogP contribution in [-0.4, -0.2) is 36.1 Å². The Balaban J connectivity index is 2.31. The molecule has 0 aromatic heterocycles. The van der Waals surface area contributed by atoms with E-state index in [1.807, 2.05) is 6.92 Å². The third-order valence-corrected chi connectivity index (χ3v) is 3.44. The second-order valence-corrected chi connectivity index (χ2v) is 4.34. The molecule has 3 nitrogen and oxygen atoms in total. The first kappa shape index (κ1) is 12.0. The van der Waals surface area contributed by atoms with Gasteiger partial charge < -0.3 is 14.9 Å². The predicted molar refractivity (Wildman–Crippen MR) is 55.1 cm³/mol. The Morgan fingerprint density at radius 3 is 2.50 bits per heavy atom. The Labute approximate surface area is 86.1 Å². The molecule has 1 aliphatic rings. The minimum atomic E-state index is -0.286. The summed E-state index contributed by atoms with van der Waals surface area (Å²) in [4.78, 5) is 0. The maximum Gasteiger partial charge on any atom is 0.0576 e. The summed E-state index contributed by atoms with van der Waals surface area (Å²) in [7, 11) is 0. The molecule has 1 unspecified atom stereocenters. The van der Waals surface area contributed by atoms with Gasteiger partial charge in [-0.2, -0.15) is 0 Å². The van der Waals surface area contributed by atoms with Crippen molar-refractivity contribution >= 4 is 0 Å². The Kier molecular flexibility index (Phi) is 4.85. The minimum absolute atomic E-state index is 0.0761. The van der Waals surface area contributed by atoms with Gasteiger partial charge in [-0.05, 0) is 32.1 Å². The fourth-order valence-electron chi connectivity index (χ4n) is 1.95. The van der Waals surface area contributed by atoms with Gasteiger partial charge in [0.05, 0.1) is 19.3 Å². The van der Waals surface area contributed by atoms with E-state index in [1.165, 1.54) is 0 Å². The van der Waals surface area contributed by atoms with Gasteiger partial charge in [-0.25, -0.2) is 0 Å². The molecule has 0 saturated carbocycles. The average Bonchev–Trinajstić information content (AvgIpc) is 2.74. The van der Waals surface area contributed by atoms with E-state index in [4.69, 9.17) is 4.74 Å². The molecular weight excluding hydrogens is 180 g/mol. The lowest BCUT2D eigenvalue weighted by Crippen LogP contribution is -2.30. The average molecular weight is 202 g/mol. The predicted octanol–water partition coefficient (Wildman–Crippen LogP) is 1.33. The molecule has 1 saturated heterocycles. The van der Waals surface area contributed by atoms with Crippen LogP contribution < -0.4 is 0 Å². The highest BCUT2D eigenvalue weighted by Gasteiger charge is 2.28. The summed E-state index contributed by atoms with van der Waals surface area (Å²) < 4.78 is 5.52. The summed E-state index contributed by atoms with van der Waals surface area (Å²) in [6.45, 7) is 3.05. The van der Waals surface area contributed by atoms with Crippen molar-refractivity contribution < 1.29 is 14.9 Å². The van der Waals surface area contributed by atoms with Crippen LogP contribution in [0.5, 0.6) is 0 Å². The maximum atomic E-state index is 9.25. The highest BCUT2D eigenvalue weighted by molar-refractivity contribution is 4.78. The Bertz CT molecular complexity index is 140. The van der Waals surface area contributed by atoms with E-state index in [0.717, 1.165) is 38.7 Å². The van der Waals surface area contributed by atoms with E-state index in [2.05, 4.69) is 0 Å². The Hall–Kier alpha value is -0.120. The van der Waals surface area contributed by atoms with Gasteiger partial charge in [-0.1, -0.05) is 6.92 Å². The monoisotopic (exact) mass is 202 g/mol. The first-order valence-electron chi connectivity index (χ1n) is 5.59. The molecule has 0 aliphatic carbocycles. The molecule has 0 spiro atoms. The van der Waals surface area contributed by atoms with Crippen molar-refractivity contribution in [2.75, 3.05) is 19.8 Å². The molecule has 3 heteroatoms. The van der Waals surface area contributed by atoms with E-state index in [-0.39, 0.29) is 18.6 Å². The largest absolute Gasteiger partial charge is 0.396 e.